The largest absolute Gasteiger partial charge is 0.352 e. The minimum Gasteiger partial charge on any atom is -0.352 e. The number of carbonyl (C=O) groups excluding carboxylic acids is 1. The summed E-state index contributed by atoms with van der Waals surface area (Å²) in [5, 5.41) is 12.0. The van der Waals surface area contributed by atoms with Gasteiger partial charge in [-0.2, -0.15) is 0 Å². The highest BCUT2D eigenvalue weighted by molar-refractivity contribution is 8.00. The third-order valence-electron chi connectivity index (χ3n) is 3.44. The van der Waals surface area contributed by atoms with Crippen LogP contribution >= 0.6 is 11.8 Å². The van der Waals surface area contributed by atoms with Crippen molar-refractivity contribution in [2.24, 2.45) is 7.05 Å². The summed E-state index contributed by atoms with van der Waals surface area (Å²) in [5.41, 5.74) is 1.02. The highest BCUT2D eigenvalue weighted by Crippen LogP contribution is 2.26. The van der Waals surface area contributed by atoms with Crippen LogP contribution in [0.3, 0.4) is 0 Å². The van der Waals surface area contributed by atoms with Crippen molar-refractivity contribution in [2.75, 3.05) is 0 Å². The lowest BCUT2D eigenvalue weighted by atomic mass is 10.2. The minimum atomic E-state index is -0.169. The number of aromatic nitrogens is 3. The summed E-state index contributed by atoms with van der Waals surface area (Å²) in [6.45, 7) is 1.90. The molecule has 110 valence electrons. The van der Waals surface area contributed by atoms with Crippen LogP contribution in [0, 0.1) is 0 Å². The summed E-state index contributed by atoms with van der Waals surface area (Å²) < 4.78 is 1.93. The normalized spacial score (nSPS) is 15.7. The average Bonchev–Trinajstić information content (AvgIpc) is 3.24. The molecule has 1 fully saturated rings. The SMILES string of the molecule is C[C@@H](Sc1nnc(-c2ccccc2)n1C)C(=O)NC1CC1. The number of nitrogens with one attached hydrogen (secondary N) is 1. The van der Waals surface area contributed by atoms with Crippen LogP contribution in [0.25, 0.3) is 11.4 Å². The van der Waals surface area contributed by atoms with Crippen LogP contribution in [0.2, 0.25) is 0 Å². The van der Waals surface area contributed by atoms with Gasteiger partial charge in [0, 0.05) is 18.7 Å². The van der Waals surface area contributed by atoms with E-state index in [1.165, 1.54) is 11.8 Å². The van der Waals surface area contributed by atoms with E-state index in [-0.39, 0.29) is 11.2 Å². The molecule has 1 atom stereocenters. The van der Waals surface area contributed by atoms with E-state index in [2.05, 4.69) is 15.5 Å². The first kappa shape index (κ1) is 14.1. The molecular formula is C15H18N4OS. The third-order valence-corrected chi connectivity index (χ3v) is 4.58. The van der Waals surface area contributed by atoms with Gasteiger partial charge in [-0.3, -0.25) is 4.79 Å². The summed E-state index contributed by atoms with van der Waals surface area (Å²) in [7, 11) is 1.93. The second-order valence-electron chi connectivity index (χ2n) is 5.27. The van der Waals surface area contributed by atoms with Gasteiger partial charge in [0.2, 0.25) is 5.91 Å². The fourth-order valence-electron chi connectivity index (χ4n) is 2.01. The van der Waals surface area contributed by atoms with Crippen molar-refractivity contribution in [1.82, 2.24) is 20.1 Å². The fraction of sp³-hybridized carbons (Fsp3) is 0.400. The van der Waals surface area contributed by atoms with E-state index in [1.54, 1.807) is 0 Å². The van der Waals surface area contributed by atoms with Crippen molar-refractivity contribution < 1.29 is 4.79 Å². The molecule has 3 rings (SSSR count). The zero-order valence-corrected chi connectivity index (χ0v) is 12.9. The maximum absolute atomic E-state index is 12.0. The van der Waals surface area contributed by atoms with E-state index >= 15 is 0 Å². The van der Waals surface area contributed by atoms with Crippen molar-refractivity contribution in [1.29, 1.82) is 0 Å². The van der Waals surface area contributed by atoms with Gasteiger partial charge in [0.25, 0.3) is 0 Å². The van der Waals surface area contributed by atoms with Gasteiger partial charge in [-0.1, -0.05) is 42.1 Å². The van der Waals surface area contributed by atoms with E-state index in [0.717, 1.165) is 29.4 Å². The summed E-state index contributed by atoms with van der Waals surface area (Å²) in [5.74, 6) is 0.889. The maximum atomic E-state index is 12.0. The van der Waals surface area contributed by atoms with Gasteiger partial charge in [0.1, 0.15) is 0 Å². The Morgan fingerprint density at radius 1 is 1.33 bits per heavy atom. The third kappa shape index (κ3) is 3.26. The van der Waals surface area contributed by atoms with Gasteiger partial charge in [-0.25, -0.2) is 0 Å². The zero-order chi connectivity index (χ0) is 14.8. The fourth-order valence-corrected chi connectivity index (χ4v) is 2.84. The zero-order valence-electron chi connectivity index (χ0n) is 12.1. The minimum absolute atomic E-state index is 0.0757. The Labute approximate surface area is 128 Å². The molecule has 6 heteroatoms. The van der Waals surface area contributed by atoms with E-state index in [1.807, 2.05) is 48.9 Å². The Bertz CT molecular complexity index is 636. The molecule has 1 amide bonds. The maximum Gasteiger partial charge on any atom is 0.233 e. The molecule has 5 nitrogen and oxygen atoms in total. The second kappa shape index (κ2) is 5.89. The lowest BCUT2D eigenvalue weighted by molar-refractivity contribution is -0.120. The predicted octanol–water partition coefficient (Wildman–Crippen LogP) is 2.24. The standard InChI is InChI=1S/C15H18N4OS/c1-10(14(20)16-12-8-9-12)21-15-18-17-13(19(15)2)11-6-4-3-5-7-11/h3-7,10,12H,8-9H2,1-2H3,(H,16,20)/t10-/m1/s1. The van der Waals surface area contributed by atoms with E-state index < -0.39 is 0 Å². The monoisotopic (exact) mass is 302 g/mol. The number of benzene rings is 1. The molecule has 1 aliphatic rings. The summed E-state index contributed by atoms with van der Waals surface area (Å²) >= 11 is 1.44. The molecule has 1 aromatic carbocycles. The van der Waals surface area contributed by atoms with Gasteiger partial charge in [-0.15, -0.1) is 10.2 Å². The molecule has 0 aliphatic heterocycles. The van der Waals surface area contributed by atoms with Crippen molar-refractivity contribution in [3.8, 4) is 11.4 Å². The van der Waals surface area contributed by atoms with Crippen molar-refractivity contribution in [3.63, 3.8) is 0 Å². The smallest absolute Gasteiger partial charge is 0.233 e. The number of hydrogen-bond acceptors (Lipinski definition) is 4. The van der Waals surface area contributed by atoms with Crippen LogP contribution in [0.4, 0.5) is 0 Å². The molecule has 0 radical (unpaired) electrons. The number of thioether (sulfide) groups is 1. The van der Waals surface area contributed by atoms with Gasteiger partial charge >= 0.3 is 0 Å². The lowest BCUT2D eigenvalue weighted by Gasteiger charge is -2.11. The van der Waals surface area contributed by atoms with Crippen molar-refractivity contribution in [3.05, 3.63) is 30.3 Å². The van der Waals surface area contributed by atoms with Crippen LogP contribution < -0.4 is 5.32 Å². The Kier molecular flexibility index (Phi) is 3.96. The van der Waals surface area contributed by atoms with E-state index in [4.69, 9.17) is 0 Å². The summed E-state index contributed by atoms with van der Waals surface area (Å²) in [6, 6.07) is 10.3. The first-order valence-corrected chi connectivity index (χ1v) is 7.95. The Morgan fingerprint density at radius 3 is 2.71 bits per heavy atom. The molecule has 0 spiro atoms. The molecule has 1 heterocycles. The van der Waals surface area contributed by atoms with Crippen LogP contribution in [0.5, 0.6) is 0 Å². The molecule has 0 saturated heterocycles. The summed E-state index contributed by atoms with van der Waals surface area (Å²) in [4.78, 5) is 12.0. The first-order chi connectivity index (χ1) is 10.1. The molecule has 0 unspecified atom stereocenters. The predicted molar refractivity (Wildman–Crippen MR) is 82.9 cm³/mol. The number of hydrogen-bond donors (Lipinski definition) is 1. The molecule has 0 bridgehead atoms. The average molecular weight is 302 g/mol. The highest BCUT2D eigenvalue weighted by atomic mass is 32.2. The van der Waals surface area contributed by atoms with Crippen molar-refractivity contribution >= 4 is 17.7 Å². The van der Waals surface area contributed by atoms with Gasteiger partial charge in [0.05, 0.1) is 5.25 Å². The molecule has 2 aromatic rings. The van der Waals surface area contributed by atoms with Gasteiger partial charge in [0.15, 0.2) is 11.0 Å². The molecule has 1 aromatic heterocycles. The molecular weight excluding hydrogens is 284 g/mol. The molecule has 1 saturated carbocycles. The molecule has 1 N–H and O–H groups in total. The van der Waals surface area contributed by atoms with Gasteiger partial charge < -0.3 is 9.88 Å². The Balaban J connectivity index is 1.71. The number of rotatable bonds is 5. The van der Waals surface area contributed by atoms with Crippen molar-refractivity contribution in [2.45, 2.75) is 36.2 Å². The Morgan fingerprint density at radius 2 is 2.05 bits per heavy atom. The highest BCUT2D eigenvalue weighted by Gasteiger charge is 2.27. The van der Waals surface area contributed by atoms with Crippen LogP contribution in [0.1, 0.15) is 19.8 Å². The topological polar surface area (TPSA) is 59.8 Å². The number of amides is 1. The molecule has 1 aliphatic carbocycles. The van der Waals surface area contributed by atoms with Crippen LogP contribution in [-0.2, 0) is 11.8 Å². The number of carbonyl (C=O) groups is 1. The quantitative estimate of drug-likeness (QED) is 0.861. The summed E-state index contributed by atoms with van der Waals surface area (Å²) in [6.07, 6.45) is 2.20. The molecule has 21 heavy (non-hydrogen) atoms. The van der Waals surface area contributed by atoms with E-state index in [0.29, 0.717) is 6.04 Å². The first-order valence-electron chi connectivity index (χ1n) is 7.07. The second-order valence-corrected chi connectivity index (χ2v) is 6.58. The van der Waals surface area contributed by atoms with E-state index in [9.17, 15) is 4.79 Å². The number of nitrogens with zero attached hydrogens (tertiary/aromatic N) is 3. The van der Waals surface area contributed by atoms with Crippen LogP contribution in [-0.4, -0.2) is 32.0 Å². The van der Waals surface area contributed by atoms with Crippen LogP contribution in [0.15, 0.2) is 35.5 Å². The lowest BCUT2D eigenvalue weighted by Crippen LogP contribution is -2.32. The Hall–Kier alpha value is -1.82. The van der Waals surface area contributed by atoms with Gasteiger partial charge in [-0.05, 0) is 19.8 Å².